The minimum atomic E-state index is -0.720. The summed E-state index contributed by atoms with van der Waals surface area (Å²) in [6, 6.07) is 14.9. The maximum atomic E-state index is 13.3. The molecular formula is C23H30FN3O2. The van der Waals surface area contributed by atoms with Crippen LogP contribution in [0.15, 0.2) is 48.5 Å². The van der Waals surface area contributed by atoms with Gasteiger partial charge in [0.05, 0.1) is 13.2 Å². The highest BCUT2D eigenvalue weighted by molar-refractivity contribution is 5.51. The molecule has 0 aliphatic carbocycles. The van der Waals surface area contributed by atoms with Crippen LogP contribution in [-0.2, 0) is 15.3 Å². The number of ether oxygens (including phenoxy) is 2. The number of piperidine rings is 1. The number of nitrogens with one attached hydrogen (secondary N) is 1. The Hall–Kier alpha value is -2.15. The first-order chi connectivity index (χ1) is 14.1. The van der Waals surface area contributed by atoms with Gasteiger partial charge in [-0.25, -0.2) is 4.39 Å². The van der Waals surface area contributed by atoms with Crippen LogP contribution >= 0.6 is 0 Å². The van der Waals surface area contributed by atoms with Gasteiger partial charge in [-0.05, 0) is 62.2 Å². The van der Waals surface area contributed by atoms with Crippen molar-refractivity contribution in [1.82, 2.24) is 4.90 Å². The highest BCUT2D eigenvalue weighted by atomic mass is 19.1. The zero-order chi connectivity index (χ0) is 20.1. The number of likely N-dealkylation sites (tertiary alicyclic amines) is 1. The fourth-order valence-electron chi connectivity index (χ4n) is 4.27. The number of hydrogen-bond acceptors (Lipinski definition) is 5. The summed E-state index contributed by atoms with van der Waals surface area (Å²) >= 11 is 0. The van der Waals surface area contributed by atoms with Gasteiger partial charge in [0.15, 0.2) is 5.79 Å². The average Bonchev–Trinajstić information content (AvgIpc) is 3.21. The van der Waals surface area contributed by atoms with Gasteiger partial charge >= 0.3 is 0 Å². The lowest BCUT2D eigenvalue weighted by Gasteiger charge is -2.34. The van der Waals surface area contributed by atoms with Crippen LogP contribution in [0.3, 0.4) is 0 Å². The number of rotatable bonds is 7. The lowest BCUT2D eigenvalue weighted by molar-refractivity contribution is -0.172. The summed E-state index contributed by atoms with van der Waals surface area (Å²) < 4.78 is 25.2. The van der Waals surface area contributed by atoms with Gasteiger partial charge in [-0.3, -0.25) is 0 Å². The Morgan fingerprint density at radius 2 is 1.66 bits per heavy atom. The van der Waals surface area contributed by atoms with Crippen molar-refractivity contribution < 1.29 is 13.9 Å². The molecule has 156 valence electrons. The second kappa shape index (κ2) is 9.11. The van der Waals surface area contributed by atoms with Crippen molar-refractivity contribution in [2.45, 2.75) is 37.5 Å². The summed E-state index contributed by atoms with van der Waals surface area (Å²) in [5.74, 6) is -0.958. The molecule has 0 amide bonds. The molecule has 3 N–H and O–H groups in total. The second-order valence-electron chi connectivity index (χ2n) is 7.94. The first-order valence-electron chi connectivity index (χ1n) is 10.5. The molecule has 2 aliphatic heterocycles. The number of nitrogens with two attached hydrogens (primary N) is 1. The summed E-state index contributed by atoms with van der Waals surface area (Å²) in [6.45, 7) is 4.35. The molecule has 2 aliphatic rings. The van der Waals surface area contributed by atoms with Crippen LogP contribution in [-0.4, -0.2) is 43.8 Å². The summed E-state index contributed by atoms with van der Waals surface area (Å²) in [5, 5.41) is 3.61. The Labute approximate surface area is 172 Å². The molecule has 2 aromatic rings. The smallest absolute Gasteiger partial charge is 0.195 e. The zero-order valence-electron chi connectivity index (χ0n) is 16.8. The summed E-state index contributed by atoms with van der Waals surface area (Å²) in [6.07, 6.45) is 4.01. The van der Waals surface area contributed by atoms with Gasteiger partial charge in [-0.1, -0.05) is 12.1 Å². The van der Waals surface area contributed by atoms with E-state index in [1.165, 1.54) is 12.1 Å². The molecule has 2 heterocycles. The number of benzene rings is 2. The van der Waals surface area contributed by atoms with Gasteiger partial charge < -0.3 is 25.4 Å². The number of anilines is 2. The van der Waals surface area contributed by atoms with E-state index in [0.29, 0.717) is 19.3 Å². The van der Waals surface area contributed by atoms with Gasteiger partial charge in [0.1, 0.15) is 5.82 Å². The molecule has 2 saturated heterocycles. The lowest BCUT2D eigenvalue weighted by Crippen LogP contribution is -2.40. The molecule has 2 aromatic carbocycles. The minimum Gasteiger partial charge on any atom is -0.399 e. The molecule has 0 bridgehead atoms. The molecule has 29 heavy (non-hydrogen) atoms. The molecule has 6 heteroatoms. The molecule has 0 radical (unpaired) electrons. The maximum Gasteiger partial charge on any atom is 0.195 e. The molecule has 0 saturated carbocycles. The minimum absolute atomic E-state index is 0.239. The van der Waals surface area contributed by atoms with Gasteiger partial charge in [0.2, 0.25) is 0 Å². The summed E-state index contributed by atoms with van der Waals surface area (Å²) in [7, 11) is 0. The van der Waals surface area contributed by atoms with Crippen LogP contribution in [0.4, 0.5) is 15.8 Å². The molecule has 0 spiro atoms. The Morgan fingerprint density at radius 1 is 1.00 bits per heavy atom. The van der Waals surface area contributed by atoms with Crippen molar-refractivity contribution in [3.8, 4) is 0 Å². The lowest BCUT2D eigenvalue weighted by atomic mass is 9.99. The van der Waals surface area contributed by atoms with E-state index in [1.807, 2.05) is 24.3 Å². The summed E-state index contributed by atoms with van der Waals surface area (Å²) in [5.41, 5.74) is 8.58. The van der Waals surface area contributed by atoms with Crippen molar-refractivity contribution in [3.63, 3.8) is 0 Å². The maximum absolute atomic E-state index is 13.3. The SMILES string of the molecule is Nc1ccc(NC2CCN(CCCC3(c4ccc(F)cc4)OCCO3)CC2)cc1. The van der Waals surface area contributed by atoms with Crippen molar-refractivity contribution in [2.24, 2.45) is 0 Å². The Morgan fingerprint density at radius 3 is 2.31 bits per heavy atom. The van der Waals surface area contributed by atoms with Crippen LogP contribution in [0.1, 0.15) is 31.2 Å². The fraction of sp³-hybridized carbons (Fsp3) is 0.478. The van der Waals surface area contributed by atoms with E-state index in [0.717, 1.165) is 62.3 Å². The Balaban J connectivity index is 1.23. The van der Waals surface area contributed by atoms with Crippen molar-refractivity contribution >= 4 is 11.4 Å². The third-order valence-corrected chi connectivity index (χ3v) is 5.89. The molecule has 5 nitrogen and oxygen atoms in total. The predicted octanol–water partition coefficient (Wildman–Crippen LogP) is 3.96. The molecule has 0 atom stereocenters. The van der Waals surface area contributed by atoms with Gasteiger partial charge in [0, 0.05) is 42.5 Å². The van der Waals surface area contributed by atoms with E-state index in [2.05, 4.69) is 10.2 Å². The third kappa shape index (κ3) is 5.07. The third-order valence-electron chi connectivity index (χ3n) is 5.89. The first-order valence-corrected chi connectivity index (χ1v) is 10.5. The van der Waals surface area contributed by atoms with E-state index in [-0.39, 0.29) is 5.82 Å². The van der Waals surface area contributed by atoms with E-state index in [4.69, 9.17) is 15.2 Å². The van der Waals surface area contributed by atoms with Gasteiger partial charge in [-0.2, -0.15) is 0 Å². The topological polar surface area (TPSA) is 59.8 Å². The normalized spacial score (nSPS) is 20.0. The monoisotopic (exact) mass is 399 g/mol. The molecule has 0 aromatic heterocycles. The van der Waals surface area contributed by atoms with Crippen LogP contribution in [0.25, 0.3) is 0 Å². The number of nitrogens with zero attached hydrogens (tertiary/aromatic N) is 1. The average molecular weight is 400 g/mol. The second-order valence-corrected chi connectivity index (χ2v) is 7.94. The highest BCUT2D eigenvalue weighted by Crippen LogP contribution is 2.36. The molecule has 0 unspecified atom stereocenters. The zero-order valence-corrected chi connectivity index (χ0v) is 16.8. The van der Waals surface area contributed by atoms with Gasteiger partial charge in [0.25, 0.3) is 0 Å². The van der Waals surface area contributed by atoms with E-state index in [9.17, 15) is 4.39 Å². The molecule has 2 fully saturated rings. The van der Waals surface area contributed by atoms with Crippen molar-refractivity contribution in [1.29, 1.82) is 0 Å². The van der Waals surface area contributed by atoms with E-state index >= 15 is 0 Å². The van der Waals surface area contributed by atoms with Crippen LogP contribution < -0.4 is 11.1 Å². The molecular weight excluding hydrogens is 369 g/mol. The van der Waals surface area contributed by atoms with Crippen LogP contribution in [0, 0.1) is 5.82 Å². The van der Waals surface area contributed by atoms with E-state index in [1.54, 1.807) is 12.1 Å². The van der Waals surface area contributed by atoms with Gasteiger partial charge in [-0.15, -0.1) is 0 Å². The van der Waals surface area contributed by atoms with Crippen molar-refractivity contribution in [2.75, 3.05) is 43.9 Å². The quantitative estimate of drug-likeness (QED) is 0.690. The number of nitrogen functional groups attached to an aromatic ring is 1. The standard InChI is InChI=1S/C23H30FN3O2/c24-19-4-2-18(3-5-19)23(28-16-17-29-23)12-1-13-27-14-10-22(11-15-27)26-21-8-6-20(25)7-9-21/h2-9,22,26H,1,10-17,25H2. The molecule has 4 rings (SSSR count). The van der Waals surface area contributed by atoms with Crippen molar-refractivity contribution in [3.05, 3.63) is 59.9 Å². The van der Waals surface area contributed by atoms with Crippen LogP contribution in [0.5, 0.6) is 0 Å². The fourth-order valence-corrected chi connectivity index (χ4v) is 4.27. The Bertz CT molecular complexity index is 768. The van der Waals surface area contributed by atoms with Crippen LogP contribution in [0.2, 0.25) is 0 Å². The number of halogens is 1. The first kappa shape index (κ1) is 20.1. The Kier molecular flexibility index (Phi) is 6.33. The summed E-state index contributed by atoms with van der Waals surface area (Å²) in [4.78, 5) is 2.51. The highest BCUT2D eigenvalue weighted by Gasteiger charge is 2.38. The number of hydrogen-bond donors (Lipinski definition) is 2. The predicted molar refractivity (Wildman–Crippen MR) is 113 cm³/mol. The largest absolute Gasteiger partial charge is 0.399 e. The van der Waals surface area contributed by atoms with E-state index < -0.39 is 5.79 Å².